The molecule has 2 N–H and O–H groups in total. The molecule has 0 spiro atoms. The molecule has 0 aliphatic rings. The van der Waals surface area contributed by atoms with Gasteiger partial charge in [0.25, 0.3) is 0 Å². The summed E-state index contributed by atoms with van der Waals surface area (Å²) in [4.78, 5) is 0. The quantitative estimate of drug-likeness (QED) is 0.768. The van der Waals surface area contributed by atoms with Gasteiger partial charge in [0.2, 0.25) is 0 Å². The number of hydrogen-bond acceptors (Lipinski definition) is 3. The maximum absolute atomic E-state index is 13.4. The smallest absolute Gasteiger partial charge is 0.127 e. The number of halogens is 1. The standard InChI is InChI=1S/C16H26FNO2/c1-5-16(19,6-2)11-20-15-10-13(17)8-9-14(15)12(4)18-7-3/h8-10,12,18-19H,5-7,11H2,1-4H3. The monoisotopic (exact) mass is 283 g/mol. The number of nitrogens with one attached hydrogen (secondary N) is 1. The van der Waals surface area contributed by atoms with Crippen LogP contribution >= 0.6 is 0 Å². The highest BCUT2D eigenvalue weighted by atomic mass is 19.1. The van der Waals surface area contributed by atoms with Gasteiger partial charge in [-0.1, -0.05) is 26.8 Å². The molecule has 1 aromatic carbocycles. The largest absolute Gasteiger partial charge is 0.490 e. The Hall–Kier alpha value is -1.13. The van der Waals surface area contributed by atoms with Crippen molar-refractivity contribution in [1.82, 2.24) is 5.32 Å². The Balaban J connectivity index is 2.90. The molecule has 0 aromatic heterocycles. The van der Waals surface area contributed by atoms with Crippen molar-refractivity contribution >= 4 is 0 Å². The van der Waals surface area contributed by atoms with E-state index in [4.69, 9.17) is 4.74 Å². The highest BCUT2D eigenvalue weighted by Gasteiger charge is 2.24. The summed E-state index contributed by atoms with van der Waals surface area (Å²) >= 11 is 0. The van der Waals surface area contributed by atoms with Crippen LogP contribution in [0.15, 0.2) is 18.2 Å². The third-order valence-electron chi connectivity index (χ3n) is 3.77. The van der Waals surface area contributed by atoms with Gasteiger partial charge in [0, 0.05) is 17.7 Å². The number of rotatable bonds is 8. The van der Waals surface area contributed by atoms with Crippen molar-refractivity contribution in [3.63, 3.8) is 0 Å². The molecule has 4 heteroatoms. The highest BCUT2D eigenvalue weighted by Crippen LogP contribution is 2.27. The first-order valence-corrected chi connectivity index (χ1v) is 7.33. The fourth-order valence-electron chi connectivity index (χ4n) is 2.07. The van der Waals surface area contributed by atoms with Crippen molar-refractivity contribution in [1.29, 1.82) is 0 Å². The maximum atomic E-state index is 13.4. The molecular formula is C16H26FNO2. The van der Waals surface area contributed by atoms with Crippen molar-refractivity contribution < 1.29 is 14.2 Å². The van der Waals surface area contributed by atoms with E-state index in [1.54, 1.807) is 6.07 Å². The summed E-state index contributed by atoms with van der Waals surface area (Å²) in [6.07, 6.45) is 1.22. The van der Waals surface area contributed by atoms with E-state index in [9.17, 15) is 9.50 Å². The topological polar surface area (TPSA) is 41.5 Å². The molecule has 0 radical (unpaired) electrons. The van der Waals surface area contributed by atoms with Crippen LogP contribution in [0.1, 0.15) is 52.1 Å². The molecule has 3 nitrogen and oxygen atoms in total. The summed E-state index contributed by atoms with van der Waals surface area (Å²) in [5.74, 6) is 0.169. The Kier molecular flexibility index (Phi) is 6.43. The Morgan fingerprint density at radius 1 is 1.30 bits per heavy atom. The van der Waals surface area contributed by atoms with E-state index in [1.807, 2.05) is 27.7 Å². The average Bonchev–Trinajstić information content (AvgIpc) is 2.45. The molecule has 114 valence electrons. The van der Waals surface area contributed by atoms with Gasteiger partial charge in [-0.2, -0.15) is 0 Å². The van der Waals surface area contributed by atoms with Gasteiger partial charge in [-0.15, -0.1) is 0 Å². The van der Waals surface area contributed by atoms with E-state index >= 15 is 0 Å². The highest BCUT2D eigenvalue weighted by molar-refractivity contribution is 5.36. The Bertz CT molecular complexity index is 419. The lowest BCUT2D eigenvalue weighted by Crippen LogP contribution is -2.34. The van der Waals surface area contributed by atoms with Gasteiger partial charge in [0.15, 0.2) is 0 Å². The number of hydrogen-bond donors (Lipinski definition) is 2. The van der Waals surface area contributed by atoms with E-state index < -0.39 is 5.60 Å². The van der Waals surface area contributed by atoms with Crippen molar-refractivity contribution in [3.8, 4) is 5.75 Å². The van der Waals surface area contributed by atoms with Crippen molar-refractivity contribution in [2.45, 2.75) is 52.2 Å². The first-order chi connectivity index (χ1) is 9.45. The van der Waals surface area contributed by atoms with Crippen LogP contribution in [0.4, 0.5) is 4.39 Å². The van der Waals surface area contributed by atoms with Gasteiger partial charge in [-0.05, 0) is 32.4 Å². The van der Waals surface area contributed by atoms with Crippen molar-refractivity contribution in [2.24, 2.45) is 0 Å². The zero-order chi connectivity index (χ0) is 15.2. The average molecular weight is 283 g/mol. The van der Waals surface area contributed by atoms with Gasteiger partial charge >= 0.3 is 0 Å². The van der Waals surface area contributed by atoms with Gasteiger partial charge in [-0.25, -0.2) is 4.39 Å². The van der Waals surface area contributed by atoms with Crippen LogP contribution in [0.2, 0.25) is 0 Å². The molecule has 0 fully saturated rings. The normalized spacial score (nSPS) is 13.3. The summed E-state index contributed by atoms with van der Waals surface area (Å²) < 4.78 is 19.1. The van der Waals surface area contributed by atoms with Crippen LogP contribution in [0.3, 0.4) is 0 Å². The summed E-state index contributed by atoms with van der Waals surface area (Å²) in [5, 5.41) is 13.5. The molecule has 0 heterocycles. The molecule has 20 heavy (non-hydrogen) atoms. The number of benzene rings is 1. The minimum absolute atomic E-state index is 0.0759. The first-order valence-electron chi connectivity index (χ1n) is 7.33. The van der Waals surface area contributed by atoms with Gasteiger partial charge in [-0.3, -0.25) is 0 Å². The number of aliphatic hydroxyl groups is 1. The second-order valence-corrected chi connectivity index (χ2v) is 5.18. The molecule has 0 aliphatic heterocycles. The van der Waals surface area contributed by atoms with Gasteiger partial charge < -0.3 is 15.2 Å². The molecule has 1 rings (SSSR count). The van der Waals surface area contributed by atoms with Crippen LogP contribution in [0, 0.1) is 5.82 Å². The third kappa shape index (κ3) is 4.46. The van der Waals surface area contributed by atoms with Crippen LogP contribution < -0.4 is 10.1 Å². The van der Waals surface area contributed by atoms with Crippen LogP contribution in [0.5, 0.6) is 5.75 Å². The summed E-state index contributed by atoms with van der Waals surface area (Å²) in [7, 11) is 0. The van der Waals surface area contributed by atoms with E-state index in [2.05, 4.69) is 5.32 Å². The zero-order valence-corrected chi connectivity index (χ0v) is 12.9. The molecule has 0 saturated carbocycles. The maximum Gasteiger partial charge on any atom is 0.127 e. The van der Waals surface area contributed by atoms with Crippen LogP contribution in [-0.4, -0.2) is 23.9 Å². The minimum atomic E-state index is -0.856. The fourth-order valence-corrected chi connectivity index (χ4v) is 2.07. The van der Waals surface area contributed by atoms with E-state index in [0.29, 0.717) is 18.6 Å². The molecule has 0 saturated heterocycles. The van der Waals surface area contributed by atoms with E-state index in [0.717, 1.165) is 12.1 Å². The zero-order valence-electron chi connectivity index (χ0n) is 12.9. The molecule has 1 aromatic rings. The SMILES string of the molecule is CCNC(C)c1ccc(F)cc1OCC(O)(CC)CC. The van der Waals surface area contributed by atoms with E-state index in [-0.39, 0.29) is 18.5 Å². The molecule has 1 atom stereocenters. The Labute approximate surface area is 121 Å². The molecule has 1 unspecified atom stereocenters. The minimum Gasteiger partial charge on any atom is -0.490 e. The third-order valence-corrected chi connectivity index (χ3v) is 3.77. The lowest BCUT2D eigenvalue weighted by molar-refractivity contribution is -0.0118. The van der Waals surface area contributed by atoms with Gasteiger partial charge in [0.05, 0.1) is 5.60 Å². The number of ether oxygens (including phenoxy) is 1. The molecule has 0 aliphatic carbocycles. The predicted molar refractivity (Wildman–Crippen MR) is 79.5 cm³/mol. The Morgan fingerprint density at radius 3 is 2.50 bits per heavy atom. The Morgan fingerprint density at radius 2 is 1.95 bits per heavy atom. The molecular weight excluding hydrogens is 257 g/mol. The molecule has 0 bridgehead atoms. The lowest BCUT2D eigenvalue weighted by Gasteiger charge is -2.26. The summed E-state index contributed by atoms with van der Waals surface area (Å²) in [6, 6.07) is 4.62. The van der Waals surface area contributed by atoms with Gasteiger partial charge in [0.1, 0.15) is 18.2 Å². The van der Waals surface area contributed by atoms with Crippen LogP contribution in [-0.2, 0) is 0 Å². The lowest BCUT2D eigenvalue weighted by atomic mass is 9.99. The fraction of sp³-hybridized carbons (Fsp3) is 0.625. The second kappa shape index (κ2) is 7.60. The summed E-state index contributed by atoms with van der Waals surface area (Å²) in [6.45, 7) is 8.87. The van der Waals surface area contributed by atoms with Crippen LogP contribution in [0.25, 0.3) is 0 Å². The molecule has 0 amide bonds. The predicted octanol–water partition coefficient (Wildman–Crippen LogP) is 3.43. The van der Waals surface area contributed by atoms with E-state index in [1.165, 1.54) is 12.1 Å². The second-order valence-electron chi connectivity index (χ2n) is 5.18. The van der Waals surface area contributed by atoms with Crippen molar-refractivity contribution in [2.75, 3.05) is 13.2 Å². The van der Waals surface area contributed by atoms with Crippen molar-refractivity contribution in [3.05, 3.63) is 29.6 Å². The first kappa shape index (κ1) is 16.9. The summed E-state index contributed by atoms with van der Waals surface area (Å²) in [5.41, 5.74) is 0.0492.